The number of fused-ring (bicyclic) bond motifs is 2. The van der Waals surface area contributed by atoms with E-state index in [9.17, 15) is 0 Å². The van der Waals surface area contributed by atoms with E-state index >= 15 is 0 Å². The summed E-state index contributed by atoms with van der Waals surface area (Å²) >= 11 is 6.00. The van der Waals surface area contributed by atoms with E-state index in [2.05, 4.69) is 14.8 Å². The minimum absolute atomic E-state index is 0.684. The molecule has 0 amide bonds. The number of hydrogen-bond acceptors (Lipinski definition) is 4. The molecule has 5 rings (SSSR count). The molecule has 0 spiro atoms. The molecule has 22 heavy (non-hydrogen) atoms. The molecule has 0 bridgehead atoms. The lowest BCUT2D eigenvalue weighted by Gasteiger charge is -2.43. The highest BCUT2D eigenvalue weighted by Crippen LogP contribution is 2.40. The van der Waals surface area contributed by atoms with E-state index < -0.39 is 0 Å². The molecule has 2 aliphatic heterocycles. The van der Waals surface area contributed by atoms with Gasteiger partial charge < -0.3 is 9.32 Å². The summed E-state index contributed by atoms with van der Waals surface area (Å²) < 4.78 is 5.85. The van der Waals surface area contributed by atoms with Crippen LogP contribution in [-0.4, -0.2) is 42.1 Å². The molecule has 2 saturated heterocycles. The van der Waals surface area contributed by atoms with Gasteiger partial charge in [0.25, 0.3) is 6.01 Å². The lowest BCUT2D eigenvalue weighted by atomic mass is 10.0. The average Bonchev–Trinajstić information content (AvgIpc) is 3.09. The van der Waals surface area contributed by atoms with E-state index in [1.807, 2.05) is 18.2 Å². The van der Waals surface area contributed by atoms with Gasteiger partial charge in [-0.3, -0.25) is 4.90 Å². The second kappa shape index (κ2) is 4.87. The Morgan fingerprint density at radius 1 is 1.09 bits per heavy atom. The zero-order valence-corrected chi connectivity index (χ0v) is 13.3. The fourth-order valence-corrected chi connectivity index (χ4v) is 4.60. The van der Waals surface area contributed by atoms with E-state index in [1.165, 1.54) is 32.4 Å². The SMILES string of the molecule is Clc1ccc2nc(N3CC(N4CC5CCCC5C4)C3)oc2c1. The van der Waals surface area contributed by atoms with Gasteiger partial charge in [0.05, 0.1) is 0 Å². The Bertz CT molecular complexity index is 697. The van der Waals surface area contributed by atoms with Crippen molar-refractivity contribution in [3.63, 3.8) is 0 Å². The van der Waals surface area contributed by atoms with Crippen LogP contribution in [0, 0.1) is 11.8 Å². The molecule has 0 N–H and O–H groups in total. The molecule has 3 fully saturated rings. The third-order valence-corrected chi connectivity index (χ3v) is 5.98. The maximum atomic E-state index is 6.00. The topological polar surface area (TPSA) is 32.5 Å². The van der Waals surface area contributed by atoms with Crippen molar-refractivity contribution >= 4 is 28.7 Å². The van der Waals surface area contributed by atoms with E-state index in [4.69, 9.17) is 16.0 Å². The molecular weight excluding hydrogens is 298 g/mol. The number of nitrogens with zero attached hydrogens (tertiary/aromatic N) is 3. The Labute approximate surface area is 135 Å². The Morgan fingerprint density at radius 2 is 1.86 bits per heavy atom. The third-order valence-electron chi connectivity index (χ3n) is 5.74. The number of halogens is 1. The monoisotopic (exact) mass is 317 g/mol. The fraction of sp³-hybridized carbons (Fsp3) is 0.588. The number of oxazole rings is 1. The van der Waals surface area contributed by atoms with Gasteiger partial charge in [-0.1, -0.05) is 18.0 Å². The minimum Gasteiger partial charge on any atom is -0.423 e. The molecule has 3 aliphatic rings. The lowest BCUT2D eigenvalue weighted by molar-refractivity contribution is 0.185. The van der Waals surface area contributed by atoms with E-state index in [1.54, 1.807) is 0 Å². The van der Waals surface area contributed by atoms with Crippen LogP contribution in [0.3, 0.4) is 0 Å². The van der Waals surface area contributed by atoms with Crippen molar-refractivity contribution in [2.45, 2.75) is 25.3 Å². The number of aromatic nitrogens is 1. The zero-order valence-electron chi connectivity index (χ0n) is 12.5. The van der Waals surface area contributed by atoms with Crippen molar-refractivity contribution in [3.05, 3.63) is 23.2 Å². The first-order chi connectivity index (χ1) is 10.8. The lowest BCUT2D eigenvalue weighted by Crippen LogP contribution is -2.59. The maximum Gasteiger partial charge on any atom is 0.298 e. The van der Waals surface area contributed by atoms with E-state index in [0.717, 1.165) is 42.0 Å². The molecule has 1 aromatic carbocycles. The summed E-state index contributed by atoms with van der Waals surface area (Å²) in [4.78, 5) is 9.52. The Balaban J connectivity index is 1.27. The number of benzene rings is 1. The predicted octanol–water partition coefficient (Wildman–Crippen LogP) is 3.40. The molecule has 1 aliphatic carbocycles. The quantitative estimate of drug-likeness (QED) is 0.850. The highest BCUT2D eigenvalue weighted by Gasteiger charge is 2.42. The van der Waals surface area contributed by atoms with Gasteiger partial charge in [-0.05, 0) is 36.8 Å². The Morgan fingerprint density at radius 3 is 2.64 bits per heavy atom. The summed E-state index contributed by atoms with van der Waals surface area (Å²) in [6.45, 7) is 4.71. The molecule has 116 valence electrons. The first-order valence-electron chi connectivity index (χ1n) is 8.31. The average molecular weight is 318 g/mol. The second-order valence-corrected chi connectivity index (χ2v) is 7.51. The molecule has 2 unspecified atom stereocenters. The van der Waals surface area contributed by atoms with Gasteiger partial charge in [0.2, 0.25) is 0 Å². The molecule has 4 nitrogen and oxygen atoms in total. The van der Waals surface area contributed by atoms with Gasteiger partial charge in [0, 0.05) is 43.3 Å². The molecule has 1 aromatic heterocycles. The van der Waals surface area contributed by atoms with Crippen LogP contribution in [0.2, 0.25) is 5.02 Å². The first-order valence-corrected chi connectivity index (χ1v) is 8.69. The smallest absolute Gasteiger partial charge is 0.298 e. The Kier molecular flexibility index (Phi) is 2.92. The van der Waals surface area contributed by atoms with Crippen molar-refractivity contribution in [2.75, 3.05) is 31.1 Å². The van der Waals surface area contributed by atoms with Crippen LogP contribution in [0.25, 0.3) is 11.1 Å². The summed E-state index contributed by atoms with van der Waals surface area (Å²) in [6, 6.07) is 7.05. The van der Waals surface area contributed by atoms with Crippen LogP contribution in [0.1, 0.15) is 19.3 Å². The van der Waals surface area contributed by atoms with Gasteiger partial charge in [-0.2, -0.15) is 4.98 Å². The summed E-state index contributed by atoms with van der Waals surface area (Å²) in [6.07, 6.45) is 4.35. The molecule has 1 saturated carbocycles. The van der Waals surface area contributed by atoms with Gasteiger partial charge in [0.1, 0.15) is 5.52 Å². The van der Waals surface area contributed by atoms with Gasteiger partial charge in [0.15, 0.2) is 5.58 Å². The molecule has 2 atom stereocenters. The minimum atomic E-state index is 0.684. The van der Waals surface area contributed by atoms with Gasteiger partial charge >= 0.3 is 0 Å². The van der Waals surface area contributed by atoms with E-state index in [0.29, 0.717) is 11.1 Å². The van der Waals surface area contributed by atoms with Gasteiger partial charge in [-0.25, -0.2) is 0 Å². The fourth-order valence-electron chi connectivity index (χ4n) is 4.43. The van der Waals surface area contributed by atoms with Crippen LogP contribution in [-0.2, 0) is 0 Å². The molecule has 0 radical (unpaired) electrons. The van der Waals surface area contributed by atoms with E-state index in [-0.39, 0.29) is 0 Å². The van der Waals surface area contributed by atoms with Crippen LogP contribution in [0.15, 0.2) is 22.6 Å². The van der Waals surface area contributed by atoms with Crippen molar-refractivity contribution in [2.24, 2.45) is 11.8 Å². The highest BCUT2D eigenvalue weighted by molar-refractivity contribution is 6.31. The predicted molar refractivity (Wildman–Crippen MR) is 87.4 cm³/mol. The first kappa shape index (κ1) is 13.2. The van der Waals surface area contributed by atoms with Crippen molar-refractivity contribution in [1.82, 2.24) is 9.88 Å². The normalized spacial score (nSPS) is 29.2. The molecule has 2 aromatic rings. The highest BCUT2D eigenvalue weighted by atomic mass is 35.5. The number of likely N-dealkylation sites (tertiary alicyclic amines) is 1. The largest absolute Gasteiger partial charge is 0.423 e. The summed E-state index contributed by atoms with van der Waals surface area (Å²) in [5.41, 5.74) is 1.67. The molecule has 3 heterocycles. The summed E-state index contributed by atoms with van der Waals surface area (Å²) in [5.74, 6) is 1.95. The van der Waals surface area contributed by atoms with Crippen LogP contribution >= 0.6 is 11.6 Å². The summed E-state index contributed by atoms with van der Waals surface area (Å²) in [7, 11) is 0. The Hall–Kier alpha value is -1.26. The van der Waals surface area contributed by atoms with Crippen molar-refractivity contribution in [3.8, 4) is 0 Å². The standard InChI is InChI=1S/C17H20ClN3O/c18-13-4-5-15-16(6-13)22-17(19-15)21-9-14(10-21)20-7-11-2-1-3-12(11)8-20/h4-6,11-12,14H,1-3,7-10H2. The van der Waals surface area contributed by atoms with Crippen LogP contribution in [0.5, 0.6) is 0 Å². The zero-order chi connectivity index (χ0) is 14.7. The maximum absolute atomic E-state index is 6.00. The summed E-state index contributed by atoms with van der Waals surface area (Å²) in [5, 5.41) is 0.695. The number of rotatable bonds is 2. The van der Waals surface area contributed by atoms with Crippen molar-refractivity contribution in [1.29, 1.82) is 0 Å². The number of anilines is 1. The van der Waals surface area contributed by atoms with Crippen molar-refractivity contribution < 1.29 is 4.42 Å². The molecule has 5 heteroatoms. The third kappa shape index (κ3) is 2.04. The molecular formula is C17H20ClN3O. The van der Waals surface area contributed by atoms with Gasteiger partial charge in [-0.15, -0.1) is 0 Å². The second-order valence-electron chi connectivity index (χ2n) is 7.07. The van der Waals surface area contributed by atoms with Crippen LogP contribution in [0.4, 0.5) is 6.01 Å². The van der Waals surface area contributed by atoms with Crippen LogP contribution < -0.4 is 4.90 Å². The number of hydrogen-bond donors (Lipinski definition) is 0.